The third-order valence-corrected chi connectivity index (χ3v) is 7.52. The van der Waals surface area contributed by atoms with Gasteiger partial charge in [-0.05, 0) is 81.0 Å². The van der Waals surface area contributed by atoms with Crippen LogP contribution in [0.25, 0.3) is 0 Å². The highest BCUT2D eigenvalue weighted by molar-refractivity contribution is 5.76. The molecule has 0 amide bonds. The largest absolute Gasteiger partial charge is 0.491 e. The Morgan fingerprint density at radius 2 is 2.00 bits per heavy atom. The van der Waals surface area contributed by atoms with Crippen LogP contribution in [-0.4, -0.2) is 74.7 Å². The van der Waals surface area contributed by atoms with Crippen LogP contribution in [0.3, 0.4) is 0 Å². The fourth-order valence-electron chi connectivity index (χ4n) is 5.01. The average Bonchev–Trinajstić information content (AvgIpc) is 3.83. The van der Waals surface area contributed by atoms with Crippen molar-refractivity contribution < 1.29 is 19.0 Å². The minimum absolute atomic E-state index is 0.322. The van der Waals surface area contributed by atoms with E-state index in [1.165, 1.54) is 17.8 Å². The van der Waals surface area contributed by atoms with Gasteiger partial charge in [-0.25, -0.2) is 24.1 Å². The molecule has 1 atom stereocenters. The molecule has 0 bridgehead atoms. The van der Waals surface area contributed by atoms with E-state index in [0.717, 1.165) is 81.3 Å². The summed E-state index contributed by atoms with van der Waals surface area (Å²) in [5, 5.41) is 16.2. The molecule has 1 unspecified atom stereocenters. The van der Waals surface area contributed by atoms with Crippen molar-refractivity contribution in [1.29, 1.82) is 0 Å². The SMILES string of the molecule is O=C(O)C(CCN(CCCCc1ccc2c(n1)NCCC2)CCOc1cncc(F)c1)Nc1ncc(C2CC2)cn1. The Kier molecular flexibility index (Phi) is 9.90. The van der Waals surface area contributed by atoms with Gasteiger partial charge in [0.2, 0.25) is 5.95 Å². The van der Waals surface area contributed by atoms with E-state index in [-0.39, 0.29) is 0 Å². The molecule has 10 nitrogen and oxygen atoms in total. The fraction of sp³-hybridized carbons (Fsp3) is 0.500. The van der Waals surface area contributed by atoms with Gasteiger partial charge >= 0.3 is 5.97 Å². The van der Waals surface area contributed by atoms with Gasteiger partial charge in [0.25, 0.3) is 0 Å². The van der Waals surface area contributed by atoms with Crippen LogP contribution >= 0.6 is 0 Å². The molecule has 3 aromatic heterocycles. The molecule has 2 aliphatic rings. The third-order valence-electron chi connectivity index (χ3n) is 7.52. The van der Waals surface area contributed by atoms with E-state index < -0.39 is 17.8 Å². The molecule has 1 saturated carbocycles. The highest BCUT2D eigenvalue weighted by Crippen LogP contribution is 2.39. The van der Waals surface area contributed by atoms with Gasteiger partial charge in [0.1, 0.15) is 30.0 Å². The molecular formula is C30H38FN7O3. The number of anilines is 2. The van der Waals surface area contributed by atoms with Gasteiger partial charge < -0.3 is 20.5 Å². The lowest BCUT2D eigenvalue weighted by atomic mass is 10.1. The number of carboxylic acid groups (broad SMARTS) is 1. The quantitative estimate of drug-likeness (QED) is 0.217. The predicted octanol–water partition coefficient (Wildman–Crippen LogP) is 4.30. The number of carboxylic acids is 1. The second-order valence-corrected chi connectivity index (χ2v) is 10.8. The van der Waals surface area contributed by atoms with E-state index in [2.05, 4.69) is 42.6 Å². The lowest BCUT2D eigenvalue weighted by Crippen LogP contribution is -2.37. The van der Waals surface area contributed by atoms with E-state index in [9.17, 15) is 14.3 Å². The van der Waals surface area contributed by atoms with Gasteiger partial charge in [-0.2, -0.15) is 0 Å². The number of pyridine rings is 2. The first-order valence-corrected chi connectivity index (χ1v) is 14.5. The normalized spacial score (nSPS) is 15.2. The van der Waals surface area contributed by atoms with E-state index in [1.807, 2.05) is 0 Å². The summed E-state index contributed by atoms with van der Waals surface area (Å²) < 4.78 is 19.2. The maximum absolute atomic E-state index is 13.5. The lowest BCUT2D eigenvalue weighted by molar-refractivity contribution is -0.138. The second-order valence-electron chi connectivity index (χ2n) is 10.8. The Morgan fingerprint density at radius 1 is 1.15 bits per heavy atom. The summed E-state index contributed by atoms with van der Waals surface area (Å²) >= 11 is 0. The number of aryl methyl sites for hydroxylation is 2. The molecule has 0 saturated heterocycles. The summed E-state index contributed by atoms with van der Waals surface area (Å²) in [4.78, 5) is 31.5. The Hall–Kier alpha value is -3.86. The number of hydrogen-bond acceptors (Lipinski definition) is 9. The van der Waals surface area contributed by atoms with Gasteiger partial charge in [-0.1, -0.05) is 6.07 Å². The smallest absolute Gasteiger partial charge is 0.326 e. The first kappa shape index (κ1) is 28.7. The summed E-state index contributed by atoms with van der Waals surface area (Å²) in [6.45, 7) is 3.18. The van der Waals surface area contributed by atoms with Crippen LogP contribution in [0.4, 0.5) is 16.2 Å². The molecule has 0 spiro atoms. The number of nitrogens with one attached hydrogen (secondary N) is 2. The Bertz CT molecular complexity index is 1290. The standard InChI is InChI=1S/C30H38FN7O3/c31-24-16-26(20-32-19-24)41-15-14-38(12-2-1-5-25-9-8-22-4-3-11-33-28(22)36-25)13-10-27(29(39)40)37-30-34-17-23(18-35-30)21-6-7-21/h8-9,16-21,27H,1-7,10-15H2,(H,33,36)(H,39,40)(H,34,35,37). The molecule has 1 aliphatic heterocycles. The van der Waals surface area contributed by atoms with Crippen molar-refractivity contribution >= 4 is 17.7 Å². The minimum Gasteiger partial charge on any atom is -0.491 e. The van der Waals surface area contributed by atoms with Crippen molar-refractivity contribution in [2.45, 2.75) is 63.3 Å². The lowest BCUT2D eigenvalue weighted by Gasteiger charge is -2.24. The monoisotopic (exact) mass is 563 g/mol. The molecule has 5 rings (SSSR count). The fourth-order valence-corrected chi connectivity index (χ4v) is 5.01. The zero-order valence-electron chi connectivity index (χ0n) is 23.3. The Labute approximate surface area is 239 Å². The molecule has 41 heavy (non-hydrogen) atoms. The summed E-state index contributed by atoms with van der Waals surface area (Å²) in [6.07, 6.45) is 13.8. The van der Waals surface area contributed by atoms with Gasteiger partial charge in [0.05, 0.1) is 12.4 Å². The Morgan fingerprint density at radius 3 is 2.78 bits per heavy atom. The number of nitrogens with zero attached hydrogens (tertiary/aromatic N) is 5. The van der Waals surface area contributed by atoms with Crippen molar-refractivity contribution in [2.75, 3.05) is 43.4 Å². The molecule has 3 N–H and O–H groups in total. The maximum atomic E-state index is 13.5. The highest BCUT2D eigenvalue weighted by atomic mass is 19.1. The number of aromatic nitrogens is 4. The van der Waals surface area contributed by atoms with Crippen molar-refractivity contribution in [1.82, 2.24) is 24.8 Å². The number of carbonyl (C=O) groups is 1. The maximum Gasteiger partial charge on any atom is 0.326 e. The highest BCUT2D eigenvalue weighted by Gasteiger charge is 2.25. The van der Waals surface area contributed by atoms with Crippen LogP contribution in [0.15, 0.2) is 43.0 Å². The minimum atomic E-state index is -0.950. The number of fused-ring (bicyclic) bond motifs is 1. The number of hydrogen-bond donors (Lipinski definition) is 3. The second kappa shape index (κ2) is 14.2. The molecule has 3 aromatic rings. The van der Waals surface area contributed by atoms with Crippen LogP contribution < -0.4 is 15.4 Å². The van der Waals surface area contributed by atoms with Crippen LogP contribution in [0, 0.1) is 5.82 Å². The molecule has 1 aliphatic carbocycles. The van der Waals surface area contributed by atoms with Crippen molar-refractivity contribution in [3.05, 3.63) is 65.6 Å². The van der Waals surface area contributed by atoms with Gasteiger partial charge in [-0.3, -0.25) is 9.88 Å². The predicted molar refractivity (Wildman–Crippen MR) is 154 cm³/mol. The molecule has 0 radical (unpaired) electrons. The molecule has 218 valence electrons. The zero-order valence-corrected chi connectivity index (χ0v) is 23.3. The van der Waals surface area contributed by atoms with Crippen molar-refractivity contribution in [3.8, 4) is 5.75 Å². The summed E-state index contributed by atoms with van der Waals surface area (Å²) in [7, 11) is 0. The van der Waals surface area contributed by atoms with E-state index in [0.29, 0.717) is 43.7 Å². The summed E-state index contributed by atoms with van der Waals surface area (Å²) in [6, 6.07) is 4.77. The van der Waals surface area contributed by atoms with Crippen molar-refractivity contribution in [3.63, 3.8) is 0 Å². The van der Waals surface area contributed by atoms with Gasteiger partial charge in [0, 0.05) is 43.8 Å². The number of unbranched alkanes of at least 4 members (excludes halogenated alkanes) is 1. The number of halogens is 1. The van der Waals surface area contributed by atoms with Crippen LogP contribution in [0.1, 0.15) is 61.3 Å². The molecule has 0 aromatic carbocycles. The van der Waals surface area contributed by atoms with E-state index in [1.54, 1.807) is 12.4 Å². The number of aliphatic carboxylic acids is 1. The summed E-state index contributed by atoms with van der Waals surface area (Å²) in [5.41, 5.74) is 3.46. The van der Waals surface area contributed by atoms with E-state index in [4.69, 9.17) is 9.72 Å². The van der Waals surface area contributed by atoms with E-state index >= 15 is 0 Å². The van der Waals surface area contributed by atoms with Gasteiger partial charge in [0.15, 0.2) is 0 Å². The first-order chi connectivity index (χ1) is 20.0. The van der Waals surface area contributed by atoms with Crippen LogP contribution in [0.5, 0.6) is 5.75 Å². The third kappa shape index (κ3) is 8.81. The van der Waals surface area contributed by atoms with Crippen LogP contribution in [-0.2, 0) is 17.6 Å². The first-order valence-electron chi connectivity index (χ1n) is 14.5. The number of rotatable bonds is 16. The molecule has 4 heterocycles. The van der Waals surface area contributed by atoms with Crippen molar-refractivity contribution in [2.24, 2.45) is 0 Å². The Balaban J connectivity index is 1.13. The summed E-state index contributed by atoms with van der Waals surface area (Å²) in [5.74, 6) is 0.842. The molecule has 11 heteroatoms. The molecular weight excluding hydrogens is 525 g/mol. The molecule has 1 fully saturated rings. The average molecular weight is 564 g/mol. The number of ether oxygens (including phenoxy) is 1. The van der Waals surface area contributed by atoms with Gasteiger partial charge in [-0.15, -0.1) is 0 Å². The van der Waals surface area contributed by atoms with Crippen LogP contribution in [0.2, 0.25) is 0 Å². The topological polar surface area (TPSA) is 125 Å². The zero-order chi connectivity index (χ0) is 28.4.